The lowest BCUT2D eigenvalue weighted by Gasteiger charge is -2.42. The fourth-order valence-corrected chi connectivity index (χ4v) is 4.20. The normalized spacial score (nSPS) is 19.6. The summed E-state index contributed by atoms with van der Waals surface area (Å²) >= 11 is 0. The van der Waals surface area contributed by atoms with Gasteiger partial charge in [-0.15, -0.1) is 0 Å². The summed E-state index contributed by atoms with van der Waals surface area (Å²) in [6.45, 7) is 5.17. The molecule has 29 heavy (non-hydrogen) atoms. The number of rotatable bonds is 6. The SMILES string of the molecule is Cc1ccccc1C[C@@](O)(c1ccccc1)C1CN(Cc2ccccc2)CCO1. The molecular formula is C26H29NO2. The van der Waals surface area contributed by atoms with Gasteiger partial charge in [0.05, 0.1) is 6.61 Å². The van der Waals surface area contributed by atoms with E-state index < -0.39 is 5.60 Å². The van der Waals surface area contributed by atoms with Gasteiger partial charge in [0.2, 0.25) is 0 Å². The molecule has 0 aliphatic carbocycles. The van der Waals surface area contributed by atoms with E-state index in [-0.39, 0.29) is 6.10 Å². The van der Waals surface area contributed by atoms with Crippen molar-refractivity contribution in [3.63, 3.8) is 0 Å². The third-order valence-corrected chi connectivity index (χ3v) is 5.93. The van der Waals surface area contributed by atoms with E-state index in [4.69, 9.17) is 4.74 Å². The van der Waals surface area contributed by atoms with Crippen LogP contribution in [0.2, 0.25) is 0 Å². The molecule has 3 nitrogen and oxygen atoms in total. The number of benzene rings is 3. The number of aryl methyl sites for hydroxylation is 1. The Kier molecular flexibility index (Phi) is 6.10. The first-order chi connectivity index (χ1) is 14.1. The molecule has 3 aromatic carbocycles. The van der Waals surface area contributed by atoms with Crippen LogP contribution in [0.3, 0.4) is 0 Å². The Bertz CT molecular complexity index is 912. The maximum Gasteiger partial charge on any atom is 0.121 e. The second-order valence-corrected chi connectivity index (χ2v) is 7.97. The van der Waals surface area contributed by atoms with Gasteiger partial charge in [-0.1, -0.05) is 84.9 Å². The lowest BCUT2D eigenvalue weighted by atomic mass is 9.81. The third-order valence-electron chi connectivity index (χ3n) is 5.93. The summed E-state index contributed by atoms with van der Waals surface area (Å²) in [5.74, 6) is 0. The van der Waals surface area contributed by atoms with Crippen molar-refractivity contribution in [2.75, 3.05) is 19.7 Å². The van der Waals surface area contributed by atoms with Gasteiger partial charge in [0, 0.05) is 26.1 Å². The molecular weight excluding hydrogens is 358 g/mol. The minimum Gasteiger partial charge on any atom is -0.382 e. The molecule has 1 N–H and O–H groups in total. The third kappa shape index (κ3) is 4.59. The summed E-state index contributed by atoms with van der Waals surface area (Å²) in [6.07, 6.45) is 0.245. The predicted molar refractivity (Wildman–Crippen MR) is 117 cm³/mol. The number of morpholine rings is 1. The number of nitrogens with zero attached hydrogens (tertiary/aromatic N) is 1. The molecule has 1 aliphatic rings. The lowest BCUT2D eigenvalue weighted by Crippen LogP contribution is -2.53. The predicted octanol–water partition coefficient (Wildman–Crippen LogP) is 4.33. The van der Waals surface area contributed by atoms with Gasteiger partial charge in [0.15, 0.2) is 0 Å². The van der Waals surface area contributed by atoms with Crippen molar-refractivity contribution >= 4 is 0 Å². The highest BCUT2D eigenvalue weighted by Crippen LogP contribution is 2.34. The summed E-state index contributed by atoms with van der Waals surface area (Å²) in [5, 5.41) is 12.0. The van der Waals surface area contributed by atoms with E-state index in [0.717, 1.165) is 24.2 Å². The molecule has 3 heteroatoms. The van der Waals surface area contributed by atoms with Gasteiger partial charge in [0.25, 0.3) is 0 Å². The highest BCUT2D eigenvalue weighted by molar-refractivity contribution is 5.32. The van der Waals surface area contributed by atoms with E-state index in [1.54, 1.807) is 0 Å². The molecule has 0 bridgehead atoms. The largest absolute Gasteiger partial charge is 0.382 e. The minimum absolute atomic E-state index is 0.290. The van der Waals surface area contributed by atoms with Gasteiger partial charge in [-0.2, -0.15) is 0 Å². The zero-order valence-corrected chi connectivity index (χ0v) is 17.0. The molecule has 1 fully saturated rings. The van der Waals surface area contributed by atoms with Crippen molar-refractivity contribution in [3.05, 3.63) is 107 Å². The molecule has 0 saturated carbocycles. The Labute approximate surface area is 173 Å². The topological polar surface area (TPSA) is 32.7 Å². The molecule has 2 atom stereocenters. The Morgan fingerprint density at radius 1 is 0.931 bits per heavy atom. The van der Waals surface area contributed by atoms with E-state index >= 15 is 0 Å². The Hall–Kier alpha value is -2.46. The highest BCUT2D eigenvalue weighted by Gasteiger charge is 2.42. The number of hydrogen-bond donors (Lipinski definition) is 1. The van der Waals surface area contributed by atoms with E-state index in [1.165, 1.54) is 11.1 Å². The Morgan fingerprint density at radius 3 is 2.31 bits per heavy atom. The van der Waals surface area contributed by atoms with Gasteiger partial charge >= 0.3 is 0 Å². The molecule has 0 amide bonds. The average molecular weight is 388 g/mol. The summed E-state index contributed by atoms with van der Waals surface area (Å²) in [6, 6.07) is 28.8. The molecule has 1 unspecified atom stereocenters. The van der Waals surface area contributed by atoms with Crippen LogP contribution in [0.1, 0.15) is 22.3 Å². The van der Waals surface area contributed by atoms with Crippen molar-refractivity contribution in [2.45, 2.75) is 31.6 Å². The molecule has 0 radical (unpaired) electrons. The van der Waals surface area contributed by atoms with Gasteiger partial charge in [-0.05, 0) is 29.2 Å². The van der Waals surface area contributed by atoms with Crippen LogP contribution in [0.4, 0.5) is 0 Å². The molecule has 150 valence electrons. The summed E-state index contributed by atoms with van der Waals surface area (Å²) in [7, 11) is 0. The van der Waals surface area contributed by atoms with E-state index in [1.807, 2.05) is 48.5 Å². The molecule has 0 spiro atoms. The van der Waals surface area contributed by atoms with Gasteiger partial charge in [-0.3, -0.25) is 4.90 Å². The standard InChI is InChI=1S/C26H29NO2/c1-21-10-8-9-13-23(21)18-26(28,24-14-6-3-7-15-24)25-20-27(16-17-29-25)19-22-11-4-2-5-12-22/h2-15,25,28H,16-20H2,1H3/t25?,26-/m1/s1. The van der Waals surface area contributed by atoms with Crippen LogP contribution in [0.15, 0.2) is 84.9 Å². The fraction of sp³-hybridized carbons (Fsp3) is 0.308. The molecule has 4 rings (SSSR count). The van der Waals surface area contributed by atoms with Crippen LogP contribution in [-0.2, 0) is 23.3 Å². The molecule has 1 saturated heterocycles. The maximum absolute atomic E-state index is 12.0. The van der Waals surface area contributed by atoms with Crippen molar-refractivity contribution in [3.8, 4) is 0 Å². The summed E-state index contributed by atoms with van der Waals surface area (Å²) in [4.78, 5) is 2.38. The second kappa shape index (κ2) is 8.91. The first-order valence-electron chi connectivity index (χ1n) is 10.4. The van der Waals surface area contributed by atoms with Gasteiger partial charge < -0.3 is 9.84 Å². The smallest absolute Gasteiger partial charge is 0.121 e. The molecule has 1 aliphatic heterocycles. The van der Waals surface area contributed by atoms with Crippen LogP contribution in [0.5, 0.6) is 0 Å². The van der Waals surface area contributed by atoms with Crippen LogP contribution in [0.25, 0.3) is 0 Å². The van der Waals surface area contributed by atoms with Crippen molar-refractivity contribution in [2.24, 2.45) is 0 Å². The first-order valence-corrected chi connectivity index (χ1v) is 10.4. The number of ether oxygens (including phenoxy) is 1. The van der Waals surface area contributed by atoms with Crippen LogP contribution in [0, 0.1) is 6.92 Å². The first kappa shape index (κ1) is 19.8. The van der Waals surface area contributed by atoms with Gasteiger partial charge in [0.1, 0.15) is 11.7 Å². The molecule has 0 aromatic heterocycles. The van der Waals surface area contributed by atoms with Crippen LogP contribution >= 0.6 is 0 Å². The summed E-state index contributed by atoms with van der Waals surface area (Å²) in [5.41, 5.74) is 3.47. The minimum atomic E-state index is -1.08. The Morgan fingerprint density at radius 2 is 1.59 bits per heavy atom. The lowest BCUT2D eigenvalue weighted by molar-refractivity contribution is -0.149. The number of hydrogen-bond acceptors (Lipinski definition) is 3. The zero-order valence-electron chi connectivity index (χ0n) is 17.0. The van der Waals surface area contributed by atoms with Crippen molar-refractivity contribution in [1.29, 1.82) is 0 Å². The Balaban J connectivity index is 1.61. The fourth-order valence-electron chi connectivity index (χ4n) is 4.20. The van der Waals surface area contributed by atoms with Gasteiger partial charge in [-0.25, -0.2) is 0 Å². The second-order valence-electron chi connectivity index (χ2n) is 7.97. The average Bonchev–Trinajstić information content (AvgIpc) is 2.77. The van der Waals surface area contributed by atoms with E-state index in [2.05, 4.69) is 48.2 Å². The summed E-state index contributed by atoms with van der Waals surface area (Å²) < 4.78 is 6.19. The van der Waals surface area contributed by atoms with E-state index in [0.29, 0.717) is 19.6 Å². The highest BCUT2D eigenvalue weighted by atomic mass is 16.5. The van der Waals surface area contributed by atoms with Crippen molar-refractivity contribution in [1.82, 2.24) is 4.90 Å². The zero-order chi connectivity index (χ0) is 20.1. The monoisotopic (exact) mass is 387 g/mol. The quantitative estimate of drug-likeness (QED) is 0.683. The van der Waals surface area contributed by atoms with Crippen LogP contribution < -0.4 is 0 Å². The van der Waals surface area contributed by atoms with Crippen LogP contribution in [-0.4, -0.2) is 35.8 Å². The number of aliphatic hydroxyl groups is 1. The maximum atomic E-state index is 12.0. The molecule has 3 aromatic rings. The van der Waals surface area contributed by atoms with E-state index in [9.17, 15) is 5.11 Å². The molecule has 1 heterocycles. The van der Waals surface area contributed by atoms with Crippen molar-refractivity contribution < 1.29 is 9.84 Å².